The second-order valence-corrected chi connectivity index (χ2v) is 4.43. The number of nitrogens with zero attached hydrogens (tertiary/aromatic N) is 1. The van der Waals surface area contributed by atoms with Crippen LogP contribution < -0.4 is 5.73 Å². The summed E-state index contributed by atoms with van der Waals surface area (Å²) in [5.41, 5.74) is 5.25. The monoisotopic (exact) mass is 272 g/mol. The van der Waals surface area contributed by atoms with E-state index >= 15 is 0 Å². The predicted molar refractivity (Wildman–Crippen MR) is 52.8 cm³/mol. The first kappa shape index (κ1) is 14.7. The van der Waals surface area contributed by atoms with Crippen LogP contribution in [0, 0.1) is 0 Å². The normalized spacial score (nSPS) is 11.4. The number of rotatable bonds is 2. The highest BCUT2D eigenvalue weighted by Gasteiger charge is 2.15. The first-order valence-electron chi connectivity index (χ1n) is 3.42. The van der Waals surface area contributed by atoms with Crippen molar-refractivity contribution in [2.24, 2.45) is 0 Å². The number of hydrogen-bond acceptors (Lipinski definition) is 7. The Bertz CT molecular complexity index is 479. The molecule has 0 amide bonds. The number of anilines is 1. The standard InChI is InChI=1S/C5H6N2.H2O7S2/c6-5-3-1-2-4-7-5;1-8(2,3)7-9(4,5)6/h1-4H,(H2,6,7);(H,1,2,3)(H,4,5,6). The molecule has 0 aliphatic heterocycles. The van der Waals surface area contributed by atoms with Crippen LogP contribution in [0.25, 0.3) is 0 Å². The number of aromatic nitrogens is 1. The molecule has 1 aromatic rings. The van der Waals surface area contributed by atoms with Crippen LogP contribution in [-0.4, -0.2) is 30.9 Å². The molecule has 0 aliphatic carbocycles. The van der Waals surface area contributed by atoms with E-state index in [-0.39, 0.29) is 0 Å². The van der Waals surface area contributed by atoms with Gasteiger partial charge in [-0.3, -0.25) is 9.11 Å². The summed E-state index contributed by atoms with van der Waals surface area (Å²) in [4.78, 5) is 3.76. The highest BCUT2D eigenvalue weighted by atomic mass is 32.3. The fourth-order valence-corrected chi connectivity index (χ4v) is 1.35. The molecule has 0 saturated carbocycles. The molecule has 0 saturated heterocycles. The van der Waals surface area contributed by atoms with E-state index in [0.29, 0.717) is 5.82 Å². The largest absolute Gasteiger partial charge is 0.413 e. The molecule has 0 radical (unpaired) electrons. The summed E-state index contributed by atoms with van der Waals surface area (Å²) >= 11 is 0. The minimum Gasteiger partial charge on any atom is -0.384 e. The molecule has 92 valence electrons. The van der Waals surface area contributed by atoms with Crippen LogP contribution in [0.3, 0.4) is 0 Å². The first-order chi connectivity index (χ1) is 7.10. The Morgan fingerprint density at radius 1 is 1.12 bits per heavy atom. The van der Waals surface area contributed by atoms with Gasteiger partial charge in [0.25, 0.3) is 0 Å². The van der Waals surface area contributed by atoms with Gasteiger partial charge in [-0.15, -0.1) is 3.63 Å². The maximum Gasteiger partial charge on any atom is 0.413 e. The Kier molecular flexibility index (Phi) is 5.26. The van der Waals surface area contributed by atoms with Crippen LogP contribution in [0.4, 0.5) is 5.82 Å². The van der Waals surface area contributed by atoms with E-state index in [2.05, 4.69) is 8.61 Å². The van der Waals surface area contributed by atoms with Crippen LogP contribution in [-0.2, 0) is 24.4 Å². The van der Waals surface area contributed by atoms with Crippen LogP contribution in [0.15, 0.2) is 24.4 Å². The first-order valence-corrected chi connectivity index (χ1v) is 6.15. The molecule has 0 aromatic carbocycles. The summed E-state index contributed by atoms with van der Waals surface area (Å²) in [5.74, 6) is 0.572. The van der Waals surface area contributed by atoms with Crippen molar-refractivity contribution >= 4 is 26.6 Å². The fourth-order valence-electron chi connectivity index (χ4n) is 0.485. The molecule has 0 atom stereocenters. The van der Waals surface area contributed by atoms with Crippen molar-refractivity contribution < 1.29 is 29.6 Å². The molecular formula is C5H8N2O7S2. The molecule has 0 unspecified atom stereocenters. The third-order valence-corrected chi connectivity index (χ3v) is 2.24. The van der Waals surface area contributed by atoms with Crippen molar-refractivity contribution in [2.75, 3.05) is 5.73 Å². The Morgan fingerprint density at radius 2 is 1.62 bits per heavy atom. The number of pyridine rings is 1. The zero-order valence-electron chi connectivity index (χ0n) is 7.59. The van der Waals surface area contributed by atoms with Crippen LogP contribution in [0.5, 0.6) is 0 Å². The van der Waals surface area contributed by atoms with E-state index in [1.165, 1.54) is 0 Å². The molecule has 1 rings (SSSR count). The lowest BCUT2D eigenvalue weighted by Crippen LogP contribution is -2.10. The summed E-state index contributed by atoms with van der Waals surface area (Å²) in [6.45, 7) is 0. The van der Waals surface area contributed by atoms with Gasteiger partial charge in [-0.05, 0) is 12.1 Å². The molecule has 9 nitrogen and oxygen atoms in total. The number of hydrogen-bond donors (Lipinski definition) is 3. The average molecular weight is 272 g/mol. The Hall–Kier alpha value is -1.27. The van der Waals surface area contributed by atoms with Crippen molar-refractivity contribution in [3.63, 3.8) is 0 Å². The fraction of sp³-hybridized carbons (Fsp3) is 0. The van der Waals surface area contributed by atoms with Crippen molar-refractivity contribution in [1.29, 1.82) is 0 Å². The van der Waals surface area contributed by atoms with Gasteiger partial charge < -0.3 is 5.73 Å². The molecule has 1 heterocycles. The van der Waals surface area contributed by atoms with Crippen LogP contribution in [0.2, 0.25) is 0 Å². The third-order valence-electron chi connectivity index (χ3n) is 0.860. The van der Waals surface area contributed by atoms with Crippen molar-refractivity contribution in [3.05, 3.63) is 24.4 Å². The lowest BCUT2D eigenvalue weighted by Gasteiger charge is -1.89. The summed E-state index contributed by atoms with van der Waals surface area (Å²) < 4.78 is 55.6. The summed E-state index contributed by atoms with van der Waals surface area (Å²) in [7, 11) is -10.2. The number of nitrogens with two attached hydrogens (primary N) is 1. The smallest absolute Gasteiger partial charge is 0.384 e. The average Bonchev–Trinajstić information content (AvgIpc) is 1.99. The Morgan fingerprint density at radius 3 is 1.75 bits per heavy atom. The second-order valence-electron chi connectivity index (χ2n) is 2.18. The SMILES string of the molecule is Nc1ccccn1.O=S(=O)(O)OS(=O)(=O)O. The lowest BCUT2D eigenvalue weighted by molar-refractivity contribution is 0.344. The maximum atomic E-state index is 9.44. The molecule has 0 bridgehead atoms. The Labute approximate surface area is 91.8 Å². The van der Waals surface area contributed by atoms with E-state index in [0.717, 1.165) is 0 Å². The minimum atomic E-state index is -5.12. The van der Waals surface area contributed by atoms with E-state index in [1.807, 2.05) is 12.1 Å². The third kappa shape index (κ3) is 10.8. The molecule has 4 N–H and O–H groups in total. The van der Waals surface area contributed by atoms with Gasteiger partial charge in [0.1, 0.15) is 5.82 Å². The molecule has 0 fully saturated rings. The number of nitrogen functional groups attached to an aromatic ring is 1. The summed E-state index contributed by atoms with van der Waals surface area (Å²) in [6.07, 6.45) is 1.66. The van der Waals surface area contributed by atoms with E-state index in [1.54, 1.807) is 12.3 Å². The van der Waals surface area contributed by atoms with Gasteiger partial charge in [-0.2, -0.15) is 16.8 Å². The van der Waals surface area contributed by atoms with Gasteiger partial charge in [0.15, 0.2) is 0 Å². The lowest BCUT2D eigenvalue weighted by atomic mass is 10.5. The van der Waals surface area contributed by atoms with E-state index in [9.17, 15) is 16.8 Å². The molecule has 0 spiro atoms. The Balaban J connectivity index is 0.000000288. The van der Waals surface area contributed by atoms with Crippen molar-refractivity contribution in [2.45, 2.75) is 0 Å². The zero-order chi connectivity index (χ0) is 12.8. The van der Waals surface area contributed by atoms with Crippen LogP contribution in [0.1, 0.15) is 0 Å². The summed E-state index contributed by atoms with van der Waals surface area (Å²) in [6, 6.07) is 5.43. The maximum absolute atomic E-state index is 9.44. The highest BCUT2D eigenvalue weighted by molar-refractivity contribution is 7.94. The molecule has 0 aliphatic rings. The molecular weight excluding hydrogens is 264 g/mol. The van der Waals surface area contributed by atoms with Crippen molar-refractivity contribution in [3.8, 4) is 0 Å². The second kappa shape index (κ2) is 5.72. The van der Waals surface area contributed by atoms with Crippen molar-refractivity contribution in [1.82, 2.24) is 4.98 Å². The topological polar surface area (TPSA) is 157 Å². The zero-order valence-corrected chi connectivity index (χ0v) is 9.22. The van der Waals surface area contributed by atoms with E-state index in [4.69, 9.17) is 14.8 Å². The minimum absolute atomic E-state index is 0.572. The van der Waals surface area contributed by atoms with E-state index < -0.39 is 20.8 Å². The van der Waals surface area contributed by atoms with Gasteiger partial charge in [0, 0.05) is 6.20 Å². The highest BCUT2D eigenvalue weighted by Crippen LogP contribution is 1.91. The van der Waals surface area contributed by atoms with Gasteiger partial charge >= 0.3 is 20.8 Å². The quantitative estimate of drug-likeness (QED) is 0.590. The van der Waals surface area contributed by atoms with Gasteiger partial charge in [-0.1, -0.05) is 6.07 Å². The van der Waals surface area contributed by atoms with Gasteiger partial charge in [-0.25, -0.2) is 4.98 Å². The van der Waals surface area contributed by atoms with Crippen LogP contribution >= 0.6 is 0 Å². The van der Waals surface area contributed by atoms with Gasteiger partial charge in [0.2, 0.25) is 0 Å². The predicted octanol–water partition coefficient (Wildman–Crippen LogP) is -0.728. The molecule has 1 aromatic heterocycles. The summed E-state index contributed by atoms with van der Waals surface area (Å²) in [5, 5.41) is 0. The molecule has 11 heteroatoms. The molecule has 16 heavy (non-hydrogen) atoms. The van der Waals surface area contributed by atoms with Gasteiger partial charge in [0.05, 0.1) is 0 Å².